The number of amides is 2. The molecule has 0 aliphatic carbocycles. The maximum atomic E-state index is 12.8. The largest absolute Gasteiger partial charge is 0.354 e. The molecule has 4 rings (SSSR count). The van der Waals surface area contributed by atoms with Crippen molar-refractivity contribution in [1.82, 2.24) is 24.3 Å². The summed E-state index contributed by atoms with van der Waals surface area (Å²) in [4.78, 5) is 28.4. The highest BCUT2D eigenvalue weighted by Gasteiger charge is 2.29. The van der Waals surface area contributed by atoms with E-state index in [1.807, 2.05) is 35.0 Å². The zero-order chi connectivity index (χ0) is 20.4. The van der Waals surface area contributed by atoms with Crippen LogP contribution in [0.5, 0.6) is 0 Å². The first kappa shape index (κ1) is 19.1. The molecule has 3 heterocycles. The highest BCUT2D eigenvalue weighted by atomic mass is 32.2. The fourth-order valence-corrected chi connectivity index (χ4v) is 4.56. The van der Waals surface area contributed by atoms with Crippen molar-refractivity contribution in [3.63, 3.8) is 0 Å². The Bertz CT molecular complexity index is 1160. The third kappa shape index (κ3) is 3.98. The number of hydrogen-bond acceptors (Lipinski definition) is 5. The van der Waals surface area contributed by atoms with Gasteiger partial charge in [-0.3, -0.25) is 9.59 Å². The molecular weight excluding hydrogens is 394 g/mol. The van der Waals surface area contributed by atoms with Crippen molar-refractivity contribution < 1.29 is 18.0 Å². The van der Waals surface area contributed by atoms with Crippen LogP contribution >= 0.6 is 0 Å². The molecule has 1 saturated heterocycles. The molecule has 0 saturated carbocycles. The average molecular weight is 413 g/mol. The molecule has 0 radical (unpaired) electrons. The number of rotatable bonds is 5. The quantitative estimate of drug-likeness (QED) is 0.628. The van der Waals surface area contributed by atoms with Gasteiger partial charge in [-0.2, -0.15) is 4.31 Å². The second-order valence-corrected chi connectivity index (χ2v) is 8.54. The predicted molar refractivity (Wildman–Crippen MR) is 105 cm³/mol. The Labute approximate surface area is 167 Å². The third-order valence-electron chi connectivity index (χ3n) is 4.58. The third-order valence-corrected chi connectivity index (χ3v) is 6.42. The van der Waals surface area contributed by atoms with Gasteiger partial charge in [0.25, 0.3) is 5.91 Å². The Morgan fingerprint density at radius 2 is 2.07 bits per heavy atom. The first-order chi connectivity index (χ1) is 13.9. The Morgan fingerprint density at radius 1 is 1.21 bits per heavy atom. The second kappa shape index (κ2) is 7.64. The molecule has 1 aromatic carbocycles. The van der Waals surface area contributed by atoms with Crippen LogP contribution in [0.25, 0.3) is 5.65 Å². The molecule has 0 spiro atoms. The average Bonchev–Trinajstić information content (AvgIpc) is 3.15. The predicted octanol–water partition coefficient (Wildman–Crippen LogP) is 0.385. The lowest BCUT2D eigenvalue weighted by molar-refractivity contribution is -0.122. The zero-order valence-corrected chi connectivity index (χ0v) is 16.2. The summed E-state index contributed by atoms with van der Waals surface area (Å²) in [7, 11) is -3.86. The maximum Gasteiger partial charge on any atom is 0.251 e. The molecular formula is C19H19N5O4S. The Balaban J connectivity index is 1.48. The summed E-state index contributed by atoms with van der Waals surface area (Å²) in [5.74, 6) is -0.753. The van der Waals surface area contributed by atoms with E-state index in [4.69, 9.17) is 0 Å². The lowest BCUT2D eigenvalue weighted by atomic mass is 10.2. The lowest BCUT2D eigenvalue weighted by Crippen LogP contribution is -2.49. The molecule has 9 nitrogen and oxygen atoms in total. The minimum absolute atomic E-state index is 0.0208. The van der Waals surface area contributed by atoms with E-state index in [9.17, 15) is 18.0 Å². The van der Waals surface area contributed by atoms with E-state index in [1.54, 1.807) is 6.07 Å². The Kier molecular flexibility index (Phi) is 5.03. The van der Waals surface area contributed by atoms with Gasteiger partial charge in [0.15, 0.2) is 0 Å². The highest BCUT2D eigenvalue weighted by molar-refractivity contribution is 7.89. The standard InChI is InChI=1S/C19H19N5O4S/c25-18-13-24(9-7-20-18)29(27,28)16-5-3-4-14(10-16)19(26)21-11-15-12-23-8-2-1-6-17(23)22-15/h1-6,8,10,12H,7,9,11,13H2,(H,20,25)(H,21,26). The number of imidazole rings is 1. The summed E-state index contributed by atoms with van der Waals surface area (Å²) >= 11 is 0. The van der Waals surface area contributed by atoms with E-state index in [1.165, 1.54) is 18.2 Å². The van der Waals surface area contributed by atoms with Crippen LogP contribution in [-0.2, 0) is 21.4 Å². The van der Waals surface area contributed by atoms with Crippen molar-refractivity contribution in [3.8, 4) is 0 Å². The van der Waals surface area contributed by atoms with Crippen molar-refractivity contribution in [2.24, 2.45) is 0 Å². The number of pyridine rings is 1. The Morgan fingerprint density at radius 3 is 2.86 bits per heavy atom. The molecule has 0 unspecified atom stereocenters. The minimum Gasteiger partial charge on any atom is -0.354 e. The van der Waals surface area contributed by atoms with Gasteiger partial charge >= 0.3 is 0 Å². The van der Waals surface area contributed by atoms with Gasteiger partial charge < -0.3 is 15.0 Å². The van der Waals surface area contributed by atoms with Gasteiger partial charge in [0.2, 0.25) is 15.9 Å². The SMILES string of the molecule is O=C1CN(S(=O)(=O)c2cccc(C(=O)NCc3cn4ccccc4n3)c2)CCN1. The number of benzene rings is 1. The number of piperazine rings is 1. The number of fused-ring (bicyclic) bond motifs is 1. The van der Waals surface area contributed by atoms with Crippen LogP contribution in [0.3, 0.4) is 0 Å². The fourth-order valence-electron chi connectivity index (χ4n) is 3.11. The summed E-state index contributed by atoms with van der Waals surface area (Å²) in [6.07, 6.45) is 3.68. The van der Waals surface area contributed by atoms with Crippen LogP contribution < -0.4 is 10.6 Å². The summed E-state index contributed by atoms with van der Waals surface area (Å²) in [5.41, 5.74) is 1.68. The lowest BCUT2D eigenvalue weighted by Gasteiger charge is -2.26. The van der Waals surface area contributed by atoms with Gasteiger partial charge in [-0.05, 0) is 30.3 Å². The number of carbonyl (C=O) groups excluding carboxylic acids is 2. The molecule has 10 heteroatoms. The number of carbonyl (C=O) groups is 2. The van der Waals surface area contributed by atoms with Gasteiger partial charge in [-0.25, -0.2) is 13.4 Å². The van der Waals surface area contributed by atoms with E-state index >= 15 is 0 Å². The van der Waals surface area contributed by atoms with Gasteiger partial charge in [-0.1, -0.05) is 12.1 Å². The molecule has 2 amide bonds. The van der Waals surface area contributed by atoms with Crippen LogP contribution in [0, 0.1) is 0 Å². The second-order valence-electron chi connectivity index (χ2n) is 6.60. The van der Waals surface area contributed by atoms with Crippen LogP contribution in [-0.4, -0.2) is 53.6 Å². The summed E-state index contributed by atoms with van der Waals surface area (Å²) in [6, 6.07) is 11.4. The summed E-state index contributed by atoms with van der Waals surface area (Å²) < 4.78 is 28.5. The number of nitrogens with zero attached hydrogens (tertiary/aromatic N) is 3. The van der Waals surface area contributed by atoms with E-state index in [0.717, 1.165) is 9.95 Å². The number of nitrogens with one attached hydrogen (secondary N) is 2. The van der Waals surface area contributed by atoms with E-state index in [0.29, 0.717) is 5.69 Å². The van der Waals surface area contributed by atoms with E-state index in [-0.39, 0.29) is 42.5 Å². The van der Waals surface area contributed by atoms with Crippen molar-refractivity contribution in [2.45, 2.75) is 11.4 Å². The van der Waals surface area contributed by atoms with Crippen molar-refractivity contribution >= 4 is 27.5 Å². The molecule has 1 fully saturated rings. The maximum absolute atomic E-state index is 12.8. The normalized spacial score (nSPS) is 15.2. The molecule has 1 aliphatic rings. The number of hydrogen-bond donors (Lipinski definition) is 2. The monoisotopic (exact) mass is 413 g/mol. The smallest absolute Gasteiger partial charge is 0.251 e. The molecule has 2 N–H and O–H groups in total. The molecule has 150 valence electrons. The van der Waals surface area contributed by atoms with Gasteiger partial charge in [0, 0.05) is 31.0 Å². The molecule has 1 aliphatic heterocycles. The van der Waals surface area contributed by atoms with Gasteiger partial charge in [0.1, 0.15) is 5.65 Å². The van der Waals surface area contributed by atoms with E-state index in [2.05, 4.69) is 15.6 Å². The topological polar surface area (TPSA) is 113 Å². The molecule has 3 aromatic rings. The molecule has 2 aromatic heterocycles. The van der Waals surface area contributed by atoms with Crippen LogP contribution in [0.15, 0.2) is 59.8 Å². The van der Waals surface area contributed by atoms with Crippen LogP contribution in [0.1, 0.15) is 16.1 Å². The first-order valence-corrected chi connectivity index (χ1v) is 10.5. The summed E-state index contributed by atoms with van der Waals surface area (Å²) in [5, 5.41) is 5.34. The molecule has 29 heavy (non-hydrogen) atoms. The van der Waals surface area contributed by atoms with Gasteiger partial charge in [0.05, 0.1) is 23.7 Å². The fraction of sp³-hybridized carbons (Fsp3) is 0.211. The van der Waals surface area contributed by atoms with Crippen molar-refractivity contribution in [2.75, 3.05) is 19.6 Å². The van der Waals surface area contributed by atoms with Crippen molar-refractivity contribution in [3.05, 3.63) is 66.1 Å². The summed E-state index contributed by atoms with van der Waals surface area (Å²) in [6.45, 7) is 0.437. The van der Waals surface area contributed by atoms with Crippen molar-refractivity contribution in [1.29, 1.82) is 0 Å². The molecule has 0 bridgehead atoms. The van der Waals surface area contributed by atoms with Gasteiger partial charge in [-0.15, -0.1) is 0 Å². The highest BCUT2D eigenvalue weighted by Crippen LogP contribution is 2.18. The number of aromatic nitrogens is 2. The van der Waals surface area contributed by atoms with E-state index < -0.39 is 15.9 Å². The van der Waals surface area contributed by atoms with Crippen LogP contribution in [0.4, 0.5) is 0 Å². The first-order valence-electron chi connectivity index (χ1n) is 9.01. The minimum atomic E-state index is -3.86. The molecule has 0 atom stereocenters. The number of sulfonamides is 1. The zero-order valence-electron chi connectivity index (χ0n) is 15.4. The Hall–Kier alpha value is -3.24. The van der Waals surface area contributed by atoms with Crippen LogP contribution in [0.2, 0.25) is 0 Å².